The van der Waals surface area contributed by atoms with Crippen molar-refractivity contribution in [3.8, 4) is 5.88 Å². The van der Waals surface area contributed by atoms with E-state index in [0.29, 0.717) is 18.4 Å². The first-order valence-corrected chi connectivity index (χ1v) is 6.62. The normalized spacial score (nSPS) is 12.1. The van der Waals surface area contributed by atoms with Crippen LogP contribution in [0.1, 0.15) is 39.5 Å². The molecule has 1 aromatic heterocycles. The fraction of sp³-hybridized carbons (Fsp3) is 0.615. The molecule has 0 aliphatic carbocycles. The highest BCUT2D eigenvalue weighted by molar-refractivity contribution is 5.53. The van der Waals surface area contributed by atoms with Gasteiger partial charge in [-0.15, -0.1) is 0 Å². The zero-order chi connectivity index (χ0) is 14.3. The van der Waals surface area contributed by atoms with Gasteiger partial charge in [-0.2, -0.15) is 4.98 Å². The number of nitro groups is 1. The van der Waals surface area contributed by atoms with Crippen LogP contribution in [0.5, 0.6) is 5.88 Å². The SMILES string of the molecule is CCCCC(CC)COc1ccc([N+](=O)[O-])c(N)n1. The van der Waals surface area contributed by atoms with Crippen LogP contribution in [0.3, 0.4) is 0 Å². The van der Waals surface area contributed by atoms with Crippen molar-refractivity contribution in [2.45, 2.75) is 39.5 Å². The van der Waals surface area contributed by atoms with Gasteiger partial charge in [-0.3, -0.25) is 10.1 Å². The third-order valence-corrected chi connectivity index (χ3v) is 3.08. The van der Waals surface area contributed by atoms with Crippen molar-refractivity contribution < 1.29 is 9.66 Å². The first-order valence-electron chi connectivity index (χ1n) is 6.62. The lowest BCUT2D eigenvalue weighted by Gasteiger charge is -2.15. The lowest BCUT2D eigenvalue weighted by Crippen LogP contribution is -2.12. The first kappa shape index (κ1) is 15.2. The number of nitrogens with two attached hydrogens (primary N) is 1. The average Bonchev–Trinajstić information content (AvgIpc) is 2.38. The number of nitrogen functional groups attached to an aromatic ring is 1. The van der Waals surface area contributed by atoms with Crippen LogP contribution in [0.4, 0.5) is 11.5 Å². The largest absolute Gasteiger partial charge is 0.477 e. The lowest BCUT2D eigenvalue weighted by atomic mass is 10.0. The third-order valence-electron chi connectivity index (χ3n) is 3.08. The Morgan fingerprint density at radius 2 is 2.21 bits per heavy atom. The predicted octanol–water partition coefficient (Wildman–Crippen LogP) is 3.17. The molecule has 6 heteroatoms. The van der Waals surface area contributed by atoms with Gasteiger partial charge in [-0.25, -0.2) is 0 Å². The highest BCUT2D eigenvalue weighted by atomic mass is 16.6. The Morgan fingerprint density at radius 1 is 1.47 bits per heavy atom. The van der Waals surface area contributed by atoms with Crippen molar-refractivity contribution in [3.63, 3.8) is 0 Å². The zero-order valence-corrected chi connectivity index (χ0v) is 11.5. The second kappa shape index (κ2) is 7.56. The van der Waals surface area contributed by atoms with Crippen LogP contribution in [0, 0.1) is 16.0 Å². The fourth-order valence-corrected chi connectivity index (χ4v) is 1.78. The number of rotatable bonds is 8. The Morgan fingerprint density at radius 3 is 2.74 bits per heavy atom. The molecule has 106 valence electrons. The standard InChI is InChI=1S/C13H21N3O3/c1-3-5-6-10(4-2)9-19-12-8-7-11(16(17)18)13(14)15-12/h7-8,10H,3-6,9H2,1-2H3,(H2,14,15). The summed E-state index contributed by atoms with van der Waals surface area (Å²) in [6, 6.07) is 2.81. The predicted molar refractivity (Wildman–Crippen MR) is 74.1 cm³/mol. The second-order valence-corrected chi connectivity index (χ2v) is 4.54. The molecule has 0 aliphatic heterocycles. The van der Waals surface area contributed by atoms with Gasteiger partial charge in [0.1, 0.15) is 0 Å². The van der Waals surface area contributed by atoms with Gasteiger partial charge in [0.25, 0.3) is 0 Å². The molecule has 0 saturated heterocycles. The van der Waals surface area contributed by atoms with Crippen LogP contribution in [0.2, 0.25) is 0 Å². The number of hydrogen-bond acceptors (Lipinski definition) is 5. The molecular weight excluding hydrogens is 246 g/mol. The maximum absolute atomic E-state index is 10.6. The average molecular weight is 267 g/mol. The molecule has 6 nitrogen and oxygen atoms in total. The zero-order valence-electron chi connectivity index (χ0n) is 11.5. The van der Waals surface area contributed by atoms with Gasteiger partial charge in [0.2, 0.25) is 11.7 Å². The second-order valence-electron chi connectivity index (χ2n) is 4.54. The quantitative estimate of drug-likeness (QED) is 0.577. The minimum Gasteiger partial charge on any atom is -0.477 e. The summed E-state index contributed by atoms with van der Waals surface area (Å²) in [6.45, 7) is 4.86. The molecule has 0 bridgehead atoms. The van der Waals surface area contributed by atoms with E-state index in [0.717, 1.165) is 12.8 Å². The van der Waals surface area contributed by atoms with Gasteiger partial charge in [-0.1, -0.05) is 33.1 Å². The molecular formula is C13H21N3O3. The number of nitrogens with zero attached hydrogens (tertiary/aromatic N) is 2. The topological polar surface area (TPSA) is 91.3 Å². The number of pyridine rings is 1. The number of unbranched alkanes of at least 4 members (excludes halogenated alkanes) is 1. The molecule has 2 N–H and O–H groups in total. The lowest BCUT2D eigenvalue weighted by molar-refractivity contribution is -0.384. The van der Waals surface area contributed by atoms with E-state index >= 15 is 0 Å². The van der Waals surface area contributed by atoms with E-state index in [1.807, 2.05) is 0 Å². The Hall–Kier alpha value is -1.85. The van der Waals surface area contributed by atoms with E-state index in [2.05, 4.69) is 18.8 Å². The molecule has 1 heterocycles. The van der Waals surface area contributed by atoms with Crippen molar-refractivity contribution in [1.29, 1.82) is 0 Å². The van der Waals surface area contributed by atoms with Crippen LogP contribution in [0.15, 0.2) is 12.1 Å². The third kappa shape index (κ3) is 4.73. The summed E-state index contributed by atoms with van der Waals surface area (Å²) in [7, 11) is 0. The highest BCUT2D eigenvalue weighted by Crippen LogP contribution is 2.22. The van der Waals surface area contributed by atoms with Crippen LogP contribution in [0.25, 0.3) is 0 Å². The number of hydrogen-bond donors (Lipinski definition) is 1. The minimum absolute atomic E-state index is 0.107. The molecule has 0 saturated carbocycles. The summed E-state index contributed by atoms with van der Waals surface area (Å²) in [5.41, 5.74) is 5.32. The molecule has 19 heavy (non-hydrogen) atoms. The van der Waals surface area contributed by atoms with Crippen LogP contribution in [-0.2, 0) is 0 Å². The van der Waals surface area contributed by atoms with Gasteiger partial charge in [-0.05, 0) is 12.3 Å². The molecule has 1 atom stereocenters. The van der Waals surface area contributed by atoms with Crippen LogP contribution >= 0.6 is 0 Å². The molecule has 1 unspecified atom stereocenters. The smallest absolute Gasteiger partial charge is 0.311 e. The summed E-state index contributed by atoms with van der Waals surface area (Å²) in [6.07, 6.45) is 4.51. The van der Waals surface area contributed by atoms with Crippen LogP contribution < -0.4 is 10.5 Å². The maximum atomic E-state index is 10.6. The highest BCUT2D eigenvalue weighted by Gasteiger charge is 2.14. The summed E-state index contributed by atoms with van der Waals surface area (Å²) >= 11 is 0. The molecule has 1 rings (SSSR count). The van der Waals surface area contributed by atoms with Gasteiger partial charge in [0.15, 0.2) is 0 Å². The molecule has 1 aromatic rings. The molecule has 0 aliphatic rings. The minimum atomic E-state index is -0.553. The van der Waals surface area contributed by atoms with E-state index < -0.39 is 4.92 Å². The van der Waals surface area contributed by atoms with Gasteiger partial charge in [0.05, 0.1) is 11.5 Å². The van der Waals surface area contributed by atoms with Gasteiger partial charge < -0.3 is 10.5 Å². The van der Waals surface area contributed by atoms with Crippen molar-refractivity contribution in [2.75, 3.05) is 12.3 Å². The van der Waals surface area contributed by atoms with E-state index in [1.165, 1.54) is 25.0 Å². The summed E-state index contributed by atoms with van der Waals surface area (Å²) in [4.78, 5) is 13.9. The molecule has 0 aromatic carbocycles. The Bertz CT molecular complexity index is 424. The number of anilines is 1. The van der Waals surface area contributed by atoms with Crippen molar-refractivity contribution in [3.05, 3.63) is 22.2 Å². The Labute approximate surface area is 113 Å². The summed E-state index contributed by atoms with van der Waals surface area (Å²) in [5.74, 6) is 0.723. The molecule has 0 fully saturated rings. The first-order chi connectivity index (χ1) is 9.08. The monoisotopic (exact) mass is 267 g/mol. The van der Waals surface area contributed by atoms with E-state index in [4.69, 9.17) is 10.5 Å². The number of ether oxygens (including phenoxy) is 1. The summed E-state index contributed by atoms with van der Waals surface area (Å²) in [5, 5.41) is 10.6. The molecule has 0 spiro atoms. The number of aromatic nitrogens is 1. The Balaban J connectivity index is 2.57. The maximum Gasteiger partial charge on any atom is 0.311 e. The van der Waals surface area contributed by atoms with Gasteiger partial charge >= 0.3 is 5.69 Å². The molecule has 0 amide bonds. The van der Waals surface area contributed by atoms with E-state index in [1.54, 1.807) is 0 Å². The van der Waals surface area contributed by atoms with E-state index in [9.17, 15) is 10.1 Å². The van der Waals surface area contributed by atoms with Crippen molar-refractivity contribution in [2.24, 2.45) is 5.92 Å². The van der Waals surface area contributed by atoms with Crippen LogP contribution in [-0.4, -0.2) is 16.5 Å². The van der Waals surface area contributed by atoms with Crippen molar-refractivity contribution >= 4 is 11.5 Å². The fourth-order valence-electron chi connectivity index (χ4n) is 1.78. The van der Waals surface area contributed by atoms with Gasteiger partial charge in [0, 0.05) is 12.1 Å². The van der Waals surface area contributed by atoms with Crippen molar-refractivity contribution in [1.82, 2.24) is 4.98 Å². The summed E-state index contributed by atoms with van der Waals surface area (Å²) < 4.78 is 5.56. The van der Waals surface area contributed by atoms with E-state index in [-0.39, 0.29) is 11.5 Å². The Kier molecular flexibility index (Phi) is 6.05. The molecule has 0 radical (unpaired) electrons.